The van der Waals surface area contributed by atoms with Crippen molar-refractivity contribution in [3.8, 4) is 0 Å². The summed E-state index contributed by atoms with van der Waals surface area (Å²) < 4.78 is 4.73. The summed E-state index contributed by atoms with van der Waals surface area (Å²) in [6.07, 6.45) is 2.90. The molecule has 1 aliphatic carbocycles. The van der Waals surface area contributed by atoms with Crippen LogP contribution in [0.2, 0.25) is 5.15 Å². The lowest BCUT2D eigenvalue weighted by Crippen LogP contribution is -2.23. The van der Waals surface area contributed by atoms with Crippen molar-refractivity contribution in [1.29, 1.82) is 0 Å². The molecule has 1 aromatic heterocycles. The fraction of sp³-hybridized carbons (Fsp3) is 0.444. The van der Waals surface area contributed by atoms with E-state index in [9.17, 15) is 4.79 Å². The average Bonchev–Trinajstić information content (AvgIpc) is 2.97. The van der Waals surface area contributed by atoms with Gasteiger partial charge in [-0.15, -0.1) is 0 Å². The zero-order valence-electron chi connectivity index (χ0n) is 7.66. The molecule has 0 saturated heterocycles. The van der Waals surface area contributed by atoms with Gasteiger partial charge in [-0.2, -0.15) is 0 Å². The third kappa shape index (κ3) is 1.35. The van der Waals surface area contributed by atoms with Crippen LogP contribution in [0.1, 0.15) is 18.5 Å². The number of carbonyl (C=O) groups excluding carboxylic acids is 1. The van der Waals surface area contributed by atoms with Gasteiger partial charge in [0.2, 0.25) is 0 Å². The van der Waals surface area contributed by atoms with Crippen molar-refractivity contribution in [3.63, 3.8) is 0 Å². The second-order valence-corrected chi connectivity index (χ2v) is 3.69. The molecule has 0 unspecified atom stereocenters. The molecule has 0 spiro atoms. The highest BCUT2D eigenvalue weighted by Crippen LogP contribution is 2.48. The quantitative estimate of drug-likeness (QED) is 0.548. The van der Waals surface area contributed by atoms with E-state index in [1.54, 1.807) is 6.07 Å². The molecule has 2 rings (SSSR count). The third-order valence-electron chi connectivity index (χ3n) is 2.45. The molecular formula is C9H9ClN2O2. The summed E-state index contributed by atoms with van der Waals surface area (Å²) >= 11 is 5.72. The maximum Gasteiger partial charge on any atom is 0.317 e. The zero-order valence-corrected chi connectivity index (χ0v) is 8.41. The Hall–Kier alpha value is -1.16. The fourth-order valence-electron chi connectivity index (χ4n) is 1.48. The number of methoxy groups -OCH3 is 1. The van der Waals surface area contributed by atoms with Crippen molar-refractivity contribution < 1.29 is 9.53 Å². The lowest BCUT2D eigenvalue weighted by atomic mass is 10.0. The van der Waals surface area contributed by atoms with E-state index < -0.39 is 5.41 Å². The second-order valence-electron chi connectivity index (χ2n) is 3.30. The first-order valence-electron chi connectivity index (χ1n) is 4.25. The minimum absolute atomic E-state index is 0.243. The maximum absolute atomic E-state index is 11.5. The van der Waals surface area contributed by atoms with Crippen LogP contribution >= 0.6 is 11.6 Å². The van der Waals surface area contributed by atoms with E-state index in [0.29, 0.717) is 10.8 Å². The topological polar surface area (TPSA) is 52.1 Å². The normalized spacial score (nSPS) is 17.6. The van der Waals surface area contributed by atoms with Crippen LogP contribution in [0.15, 0.2) is 12.4 Å². The highest BCUT2D eigenvalue weighted by Gasteiger charge is 2.54. The van der Waals surface area contributed by atoms with E-state index in [2.05, 4.69) is 9.97 Å². The van der Waals surface area contributed by atoms with Crippen LogP contribution in [-0.2, 0) is 14.9 Å². The molecule has 0 amide bonds. The number of ether oxygens (including phenoxy) is 1. The van der Waals surface area contributed by atoms with Crippen LogP contribution in [0.3, 0.4) is 0 Å². The Kier molecular flexibility index (Phi) is 2.15. The van der Waals surface area contributed by atoms with E-state index in [-0.39, 0.29) is 5.97 Å². The summed E-state index contributed by atoms with van der Waals surface area (Å²) in [6, 6.07) is 1.62. The molecule has 0 atom stereocenters. The van der Waals surface area contributed by atoms with Gasteiger partial charge in [0.1, 0.15) is 16.9 Å². The third-order valence-corrected chi connectivity index (χ3v) is 2.66. The van der Waals surface area contributed by atoms with Gasteiger partial charge in [-0.3, -0.25) is 4.79 Å². The molecule has 0 aliphatic heterocycles. The van der Waals surface area contributed by atoms with Crippen molar-refractivity contribution in [2.45, 2.75) is 18.3 Å². The molecule has 1 fully saturated rings. The molecule has 1 heterocycles. The molecule has 0 radical (unpaired) electrons. The molecule has 4 nitrogen and oxygen atoms in total. The fourth-order valence-corrected chi connectivity index (χ4v) is 1.63. The Bertz CT molecular complexity index is 377. The van der Waals surface area contributed by atoms with Crippen molar-refractivity contribution in [3.05, 3.63) is 23.2 Å². The molecule has 1 saturated carbocycles. The predicted molar refractivity (Wildman–Crippen MR) is 50.0 cm³/mol. The smallest absolute Gasteiger partial charge is 0.317 e. The molecule has 14 heavy (non-hydrogen) atoms. The van der Waals surface area contributed by atoms with E-state index in [1.807, 2.05) is 0 Å². The Balaban J connectivity index is 2.35. The van der Waals surface area contributed by atoms with Crippen LogP contribution in [0.25, 0.3) is 0 Å². The van der Waals surface area contributed by atoms with Crippen molar-refractivity contribution in [2.75, 3.05) is 7.11 Å². The number of hydrogen-bond acceptors (Lipinski definition) is 4. The van der Waals surface area contributed by atoms with Crippen LogP contribution in [0.5, 0.6) is 0 Å². The monoisotopic (exact) mass is 212 g/mol. The second kappa shape index (κ2) is 3.20. The number of aromatic nitrogens is 2. The van der Waals surface area contributed by atoms with Gasteiger partial charge in [0, 0.05) is 0 Å². The SMILES string of the molecule is COC(=O)C1(c2cc(Cl)ncn2)CC1. The van der Waals surface area contributed by atoms with Crippen molar-refractivity contribution in [1.82, 2.24) is 9.97 Å². The standard InChI is InChI=1S/C9H9ClN2O2/c1-14-8(13)9(2-3-9)6-4-7(10)12-5-11-6/h4-5H,2-3H2,1H3. The van der Waals surface area contributed by atoms with Gasteiger partial charge in [-0.05, 0) is 18.9 Å². The van der Waals surface area contributed by atoms with Gasteiger partial charge >= 0.3 is 5.97 Å². The van der Waals surface area contributed by atoms with Gasteiger partial charge < -0.3 is 4.74 Å². The van der Waals surface area contributed by atoms with E-state index >= 15 is 0 Å². The molecule has 1 aromatic rings. The average molecular weight is 213 g/mol. The first-order valence-corrected chi connectivity index (χ1v) is 4.63. The summed E-state index contributed by atoms with van der Waals surface area (Å²) in [4.78, 5) is 19.3. The summed E-state index contributed by atoms with van der Waals surface area (Å²) in [6.45, 7) is 0. The molecule has 74 valence electrons. The van der Waals surface area contributed by atoms with Crippen LogP contribution in [0, 0.1) is 0 Å². The summed E-state index contributed by atoms with van der Waals surface area (Å²) in [7, 11) is 1.38. The number of esters is 1. The highest BCUT2D eigenvalue weighted by molar-refractivity contribution is 6.29. The molecule has 1 aliphatic rings. The number of nitrogens with zero attached hydrogens (tertiary/aromatic N) is 2. The van der Waals surface area contributed by atoms with E-state index in [0.717, 1.165) is 12.8 Å². The molecular weight excluding hydrogens is 204 g/mol. The lowest BCUT2D eigenvalue weighted by Gasteiger charge is -2.10. The molecule has 0 aromatic carbocycles. The lowest BCUT2D eigenvalue weighted by molar-refractivity contribution is -0.143. The van der Waals surface area contributed by atoms with Gasteiger partial charge in [-0.25, -0.2) is 9.97 Å². The van der Waals surface area contributed by atoms with Crippen molar-refractivity contribution >= 4 is 17.6 Å². The molecule has 5 heteroatoms. The van der Waals surface area contributed by atoms with Gasteiger partial charge in [-0.1, -0.05) is 11.6 Å². The number of rotatable bonds is 2. The Morgan fingerprint density at radius 3 is 2.79 bits per heavy atom. The maximum atomic E-state index is 11.5. The van der Waals surface area contributed by atoms with Crippen LogP contribution < -0.4 is 0 Å². The first kappa shape index (κ1) is 9.40. The number of carbonyl (C=O) groups is 1. The van der Waals surface area contributed by atoms with E-state index in [4.69, 9.17) is 16.3 Å². The van der Waals surface area contributed by atoms with Gasteiger partial charge in [0.25, 0.3) is 0 Å². The van der Waals surface area contributed by atoms with E-state index in [1.165, 1.54) is 13.4 Å². The minimum atomic E-state index is -0.554. The first-order chi connectivity index (χ1) is 6.69. The summed E-state index contributed by atoms with van der Waals surface area (Å²) in [5, 5.41) is 0.352. The summed E-state index contributed by atoms with van der Waals surface area (Å²) in [5.41, 5.74) is 0.103. The molecule has 0 bridgehead atoms. The largest absolute Gasteiger partial charge is 0.468 e. The van der Waals surface area contributed by atoms with Crippen molar-refractivity contribution in [2.24, 2.45) is 0 Å². The predicted octanol–water partition coefficient (Wildman–Crippen LogP) is 1.33. The number of halogens is 1. The van der Waals surface area contributed by atoms with Gasteiger partial charge in [0.15, 0.2) is 0 Å². The number of hydrogen-bond donors (Lipinski definition) is 0. The van der Waals surface area contributed by atoms with Crippen LogP contribution in [-0.4, -0.2) is 23.0 Å². The minimum Gasteiger partial charge on any atom is -0.468 e. The highest BCUT2D eigenvalue weighted by atomic mass is 35.5. The van der Waals surface area contributed by atoms with Crippen LogP contribution in [0.4, 0.5) is 0 Å². The Morgan fingerprint density at radius 1 is 1.57 bits per heavy atom. The Morgan fingerprint density at radius 2 is 2.29 bits per heavy atom. The van der Waals surface area contributed by atoms with Gasteiger partial charge in [0.05, 0.1) is 12.8 Å². The summed E-state index contributed by atoms with van der Waals surface area (Å²) in [5.74, 6) is -0.243. The molecule has 0 N–H and O–H groups in total. The zero-order chi connectivity index (χ0) is 10.2. The Labute approximate surface area is 86.3 Å².